The van der Waals surface area contributed by atoms with Crippen molar-refractivity contribution >= 4 is 34.6 Å². The zero-order valence-electron chi connectivity index (χ0n) is 14.3. The van der Waals surface area contributed by atoms with Gasteiger partial charge in [-0.05, 0) is 24.6 Å². The van der Waals surface area contributed by atoms with Gasteiger partial charge in [0.15, 0.2) is 0 Å². The first-order valence-corrected chi connectivity index (χ1v) is 9.21. The van der Waals surface area contributed by atoms with Crippen LogP contribution in [-0.2, 0) is 4.79 Å². The predicted octanol–water partition coefficient (Wildman–Crippen LogP) is 3.91. The van der Waals surface area contributed by atoms with Crippen LogP contribution in [0.2, 0.25) is 0 Å². The second kappa shape index (κ2) is 8.49. The van der Waals surface area contributed by atoms with Crippen molar-refractivity contribution in [1.29, 1.82) is 0 Å². The normalized spacial score (nSPS) is 11.7. The number of hydrogen-bond acceptors (Lipinski definition) is 4. The summed E-state index contributed by atoms with van der Waals surface area (Å²) in [4.78, 5) is 29.0. The fraction of sp³-hybridized carbons (Fsp3) is 0.150. The van der Waals surface area contributed by atoms with E-state index in [2.05, 4.69) is 15.6 Å². The summed E-state index contributed by atoms with van der Waals surface area (Å²) in [5, 5.41) is 6.17. The molecule has 5 nitrogen and oxygen atoms in total. The summed E-state index contributed by atoms with van der Waals surface area (Å²) in [5.74, 6) is -0.373. The van der Waals surface area contributed by atoms with E-state index >= 15 is 0 Å². The third-order valence-corrected chi connectivity index (χ3v) is 4.92. The molecule has 2 aromatic carbocycles. The smallest absolute Gasteiger partial charge is 0.321 e. The van der Waals surface area contributed by atoms with E-state index in [4.69, 9.17) is 0 Å². The summed E-state index contributed by atoms with van der Waals surface area (Å²) in [6.07, 6.45) is 0. The standard InChI is InChI=1S/C20H19N3O2S/c1-2-21-20(25)23-19(24)18(15-9-4-3-5-10-15)26-17-13-12-14-8-6-7-11-16(14)22-17/h3-13,18H,2H2,1H3,(H2,21,23,24,25)/t18-/m0/s1. The lowest BCUT2D eigenvalue weighted by molar-refractivity contribution is -0.119. The van der Waals surface area contributed by atoms with Gasteiger partial charge in [0.05, 0.1) is 10.5 Å². The Morgan fingerprint density at radius 2 is 1.73 bits per heavy atom. The number of imide groups is 1. The summed E-state index contributed by atoms with van der Waals surface area (Å²) >= 11 is 1.32. The number of fused-ring (bicyclic) bond motifs is 1. The van der Waals surface area contributed by atoms with Crippen molar-refractivity contribution in [3.05, 3.63) is 72.3 Å². The molecule has 0 saturated heterocycles. The highest BCUT2D eigenvalue weighted by Crippen LogP contribution is 2.35. The number of para-hydroxylation sites is 1. The second-order valence-electron chi connectivity index (χ2n) is 5.60. The summed E-state index contributed by atoms with van der Waals surface area (Å²) in [6, 6.07) is 20.6. The van der Waals surface area contributed by atoms with Gasteiger partial charge in [0.2, 0.25) is 5.91 Å². The quantitative estimate of drug-likeness (QED) is 0.673. The summed E-state index contributed by atoms with van der Waals surface area (Å²) in [5.41, 5.74) is 1.68. The van der Waals surface area contributed by atoms with Crippen molar-refractivity contribution in [3.63, 3.8) is 0 Å². The maximum Gasteiger partial charge on any atom is 0.321 e. The number of nitrogens with one attached hydrogen (secondary N) is 2. The number of urea groups is 1. The largest absolute Gasteiger partial charge is 0.338 e. The minimum absolute atomic E-state index is 0.373. The van der Waals surface area contributed by atoms with Crippen LogP contribution >= 0.6 is 11.8 Å². The first-order chi connectivity index (χ1) is 12.7. The van der Waals surface area contributed by atoms with E-state index in [1.54, 1.807) is 6.92 Å². The number of thioether (sulfide) groups is 1. The van der Waals surface area contributed by atoms with Gasteiger partial charge in [-0.15, -0.1) is 0 Å². The van der Waals surface area contributed by atoms with Gasteiger partial charge in [-0.25, -0.2) is 9.78 Å². The van der Waals surface area contributed by atoms with Crippen LogP contribution in [0.15, 0.2) is 71.8 Å². The molecule has 1 atom stereocenters. The Hall–Kier alpha value is -2.86. The molecule has 26 heavy (non-hydrogen) atoms. The number of aromatic nitrogens is 1. The van der Waals surface area contributed by atoms with Crippen molar-refractivity contribution in [2.75, 3.05) is 6.54 Å². The summed E-state index contributed by atoms with van der Waals surface area (Å²) in [6.45, 7) is 2.25. The molecule has 6 heteroatoms. The average Bonchev–Trinajstić information content (AvgIpc) is 2.66. The van der Waals surface area contributed by atoms with Crippen LogP contribution in [0.3, 0.4) is 0 Å². The maximum absolute atomic E-state index is 12.7. The predicted molar refractivity (Wildman–Crippen MR) is 104 cm³/mol. The van der Waals surface area contributed by atoms with Crippen molar-refractivity contribution in [2.24, 2.45) is 0 Å². The lowest BCUT2D eigenvalue weighted by atomic mass is 10.1. The zero-order valence-corrected chi connectivity index (χ0v) is 15.1. The van der Waals surface area contributed by atoms with Crippen molar-refractivity contribution < 1.29 is 9.59 Å². The molecular weight excluding hydrogens is 346 g/mol. The van der Waals surface area contributed by atoms with Gasteiger partial charge < -0.3 is 5.32 Å². The first-order valence-electron chi connectivity index (χ1n) is 8.33. The number of benzene rings is 2. The van der Waals surface area contributed by atoms with Gasteiger partial charge in [0.25, 0.3) is 0 Å². The lowest BCUT2D eigenvalue weighted by Crippen LogP contribution is -2.41. The van der Waals surface area contributed by atoms with E-state index in [1.165, 1.54) is 11.8 Å². The number of hydrogen-bond donors (Lipinski definition) is 2. The van der Waals surface area contributed by atoms with Crippen LogP contribution in [-0.4, -0.2) is 23.5 Å². The van der Waals surface area contributed by atoms with E-state index in [-0.39, 0.29) is 5.91 Å². The Morgan fingerprint density at radius 3 is 2.50 bits per heavy atom. The van der Waals surface area contributed by atoms with Gasteiger partial charge in [0.1, 0.15) is 5.25 Å². The summed E-state index contributed by atoms with van der Waals surface area (Å²) in [7, 11) is 0. The van der Waals surface area contributed by atoms with Gasteiger partial charge in [0, 0.05) is 11.9 Å². The van der Waals surface area contributed by atoms with Crippen molar-refractivity contribution in [3.8, 4) is 0 Å². The molecule has 2 N–H and O–H groups in total. The molecule has 3 aromatic rings. The van der Waals surface area contributed by atoms with Gasteiger partial charge in [-0.3, -0.25) is 10.1 Å². The molecule has 3 amide bonds. The second-order valence-corrected chi connectivity index (χ2v) is 6.72. The van der Waals surface area contributed by atoms with Crippen LogP contribution < -0.4 is 10.6 Å². The molecular formula is C20H19N3O2S. The van der Waals surface area contributed by atoms with E-state index in [0.29, 0.717) is 6.54 Å². The molecule has 0 fully saturated rings. The molecule has 0 saturated carbocycles. The van der Waals surface area contributed by atoms with Gasteiger partial charge in [-0.2, -0.15) is 0 Å². The highest BCUT2D eigenvalue weighted by Gasteiger charge is 2.24. The van der Waals surface area contributed by atoms with Crippen LogP contribution in [0.25, 0.3) is 10.9 Å². The van der Waals surface area contributed by atoms with Gasteiger partial charge >= 0.3 is 6.03 Å². The first kappa shape index (κ1) is 17.9. The number of rotatable bonds is 5. The highest BCUT2D eigenvalue weighted by atomic mass is 32.2. The van der Waals surface area contributed by atoms with Crippen LogP contribution in [0.5, 0.6) is 0 Å². The molecule has 0 radical (unpaired) electrons. The number of carbonyl (C=O) groups is 2. The topological polar surface area (TPSA) is 71.1 Å². The van der Waals surface area contributed by atoms with Crippen LogP contribution in [0, 0.1) is 0 Å². The van der Waals surface area contributed by atoms with Crippen molar-refractivity contribution in [1.82, 2.24) is 15.6 Å². The minimum Gasteiger partial charge on any atom is -0.338 e. The Bertz CT molecular complexity index is 915. The number of nitrogens with zero attached hydrogens (tertiary/aromatic N) is 1. The Balaban J connectivity index is 1.87. The number of pyridine rings is 1. The number of amides is 3. The average molecular weight is 365 g/mol. The Kier molecular flexibility index (Phi) is 5.86. The molecule has 0 aliphatic heterocycles. The molecule has 0 aliphatic rings. The Morgan fingerprint density at radius 1 is 1.00 bits per heavy atom. The summed E-state index contributed by atoms with van der Waals surface area (Å²) < 4.78 is 0. The molecule has 0 bridgehead atoms. The van der Waals surface area contributed by atoms with Crippen molar-refractivity contribution in [2.45, 2.75) is 17.2 Å². The van der Waals surface area contributed by atoms with E-state index in [0.717, 1.165) is 21.5 Å². The monoisotopic (exact) mass is 365 g/mol. The molecule has 1 aromatic heterocycles. The third kappa shape index (κ3) is 4.40. The molecule has 132 valence electrons. The fourth-order valence-corrected chi connectivity index (χ4v) is 3.52. The third-order valence-electron chi connectivity index (χ3n) is 3.73. The highest BCUT2D eigenvalue weighted by molar-refractivity contribution is 8.00. The maximum atomic E-state index is 12.7. The molecule has 0 spiro atoms. The molecule has 3 rings (SSSR count). The fourth-order valence-electron chi connectivity index (χ4n) is 2.52. The SMILES string of the molecule is CCNC(=O)NC(=O)[C@@H](Sc1ccc2ccccc2n1)c1ccccc1. The van der Waals surface area contributed by atoms with E-state index < -0.39 is 11.3 Å². The number of carbonyl (C=O) groups excluding carboxylic acids is 2. The molecule has 1 heterocycles. The van der Waals surface area contributed by atoms with Crippen LogP contribution in [0.1, 0.15) is 17.7 Å². The molecule has 0 aliphatic carbocycles. The van der Waals surface area contributed by atoms with Crippen LogP contribution in [0.4, 0.5) is 4.79 Å². The lowest BCUT2D eigenvalue weighted by Gasteiger charge is -2.16. The van der Waals surface area contributed by atoms with Gasteiger partial charge in [-0.1, -0.05) is 66.4 Å². The van der Waals surface area contributed by atoms with E-state index in [1.807, 2.05) is 66.7 Å². The molecule has 0 unspecified atom stereocenters. The minimum atomic E-state index is -0.576. The Labute approximate surface area is 156 Å². The zero-order chi connectivity index (χ0) is 18.4. The van der Waals surface area contributed by atoms with E-state index in [9.17, 15) is 9.59 Å².